The summed E-state index contributed by atoms with van der Waals surface area (Å²) in [5.74, 6) is 0.118. The van der Waals surface area contributed by atoms with E-state index in [1.165, 1.54) is 0 Å². The van der Waals surface area contributed by atoms with Gasteiger partial charge in [-0.05, 0) is 13.0 Å². The number of aryl methyl sites for hydroxylation is 1. The number of rotatable bonds is 2. The molecule has 0 unspecified atom stereocenters. The lowest BCUT2D eigenvalue weighted by molar-refractivity contribution is 0.0934. The highest BCUT2D eigenvalue weighted by molar-refractivity contribution is 5.95. The molecule has 1 heterocycles. The predicted molar refractivity (Wildman–Crippen MR) is 42.5 cm³/mol. The Morgan fingerprint density at radius 1 is 1.64 bits per heavy atom. The maximum atomic E-state index is 11.3. The molecule has 60 valence electrons. The predicted octanol–water partition coefficient (Wildman–Crippen LogP) is 1.56. The summed E-state index contributed by atoms with van der Waals surface area (Å²) in [7, 11) is 0. The van der Waals surface area contributed by atoms with Crippen LogP contribution in [0.5, 0.6) is 0 Å². The molecule has 0 fully saturated rings. The number of hydrogen-bond acceptors (Lipinski definition) is 2. The van der Waals surface area contributed by atoms with Crippen LogP contribution in [-0.4, -0.2) is 16.0 Å². The molecule has 1 rings (SSSR count). The molecule has 3 nitrogen and oxygen atoms in total. The SMILES string of the molecule is Cc1cc(C(=O)C(C)C)n[nH]1. The Hall–Kier alpha value is -1.12. The van der Waals surface area contributed by atoms with Crippen molar-refractivity contribution in [2.24, 2.45) is 5.92 Å². The van der Waals surface area contributed by atoms with Gasteiger partial charge in [0.1, 0.15) is 5.69 Å². The summed E-state index contributed by atoms with van der Waals surface area (Å²) < 4.78 is 0. The second-order valence-electron chi connectivity index (χ2n) is 2.96. The third kappa shape index (κ3) is 1.67. The van der Waals surface area contributed by atoms with Crippen molar-refractivity contribution in [3.8, 4) is 0 Å². The molecule has 0 saturated carbocycles. The van der Waals surface area contributed by atoms with E-state index in [0.717, 1.165) is 5.69 Å². The lowest BCUT2D eigenvalue weighted by Crippen LogP contribution is -2.07. The number of aromatic amines is 1. The van der Waals surface area contributed by atoms with Gasteiger partial charge in [0.15, 0.2) is 5.78 Å². The fourth-order valence-electron chi connectivity index (χ4n) is 0.840. The van der Waals surface area contributed by atoms with E-state index < -0.39 is 0 Å². The van der Waals surface area contributed by atoms with Crippen LogP contribution in [0.25, 0.3) is 0 Å². The van der Waals surface area contributed by atoms with Crippen LogP contribution in [0.2, 0.25) is 0 Å². The fraction of sp³-hybridized carbons (Fsp3) is 0.500. The van der Waals surface area contributed by atoms with Gasteiger partial charge in [-0.2, -0.15) is 5.10 Å². The molecule has 0 saturated heterocycles. The number of H-pyrrole nitrogens is 1. The molecule has 0 aliphatic rings. The summed E-state index contributed by atoms with van der Waals surface area (Å²) in [5.41, 5.74) is 1.46. The third-order valence-electron chi connectivity index (χ3n) is 1.48. The van der Waals surface area contributed by atoms with Crippen molar-refractivity contribution < 1.29 is 4.79 Å². The topological polar surface area (TPSA) is 45.8 Å². The second kappa shape index (κ2) is 2.86. The monoisotopic (exact) mass is 152 g/mol. The van der Waals surface area contributed by atoms with Gasteiger partial charge in [-0.1, -0.05) is 13.8 Å². The molecular formula is C8H12N2O. The average Bonchev–Trinajstić information content (AvgIpc) is 2.34. The summed E-state index contributed by atoms with van der Waals surface area (Å²) in [6.45, 7) is 5.61. The normalized spacial score (nSPS) is 10.5. The van der Waals surface area contributed by atoms with E-state index in [9.17, 15) is 4.79 Å². The number of carbonyl (C=O) groups excluding carboxylic acids is 1. The van der Waals surface area contributed by atoms with E-state index in [-0.39, 0.29) is 11.7 Å². The Labute approximate surface area is 65.8 Å². The van der Waals surface area contributed by atoms with Crippen LogP contribution in [0.4, 0.5) is 0 Å². The highest BCUT2D eigenvalue weighted by atomic mass is 16.1. The second-order valence-corrected chi connectivity index (χ2v) is 2.96. The highest BCUT2D eigenvalue weighted by Gasteiger charge is 2.12. The molecule has 1 aromatic heterocycles. The molecule has 0 atom stereocenters. The minimum atomic E-state index is 0.0256. The van der Waals surface area contributed by atoms with Crippen LogP contribution < -0.4 is 0 Å². The Balaban J connectivity index is 2.85. The maximum Gasteiger partial charge on any atom is 0.185 e. The minimum Gasteiger partial charge on any atom is -0.292 e. The summed E-state index contributed by atoms with van der Waals surface area (Å²) in [5, 5.41) is 6.60. The smallest absolute Gasteiger partial charge is 0.185 e. The zero-order valence-corrected chi connectivity index (χ0v) is 7.01. The van der Waals surface area contributed by atoms with E-state index in [1.807, 2.05) is 20.8 Å². The Kier molecular flexibility index (Phi) is 2.08. The van der Waals surface area contributed by atoms with Crippen molar-refractivity contribution in [2.45, 2.75) is 20.8 Å². The lowest BCUT2D eigenvalue weighted by Gasteiger charge is -1.97. The van der Waals surface area contributed by atoms with Crippen LogP contribution in [0.15, 0.2) is 6.07 Å². The number of ketones is 1. The van der Waals surface area contributed by atoms with Crippen LogP contribution in [0, 0.1) is 12.8 Å². The first-order valence-electron chi connectivity index (χ1n) is 3.67. The van der Waals surface area contributed by atoms with Gasteiger partial charge in [-0.25, -0.2) is 0 Å². The molecule has 0 aliphatic carbocycles. The van der Waals surface area contributed by atoms with Gasteiger partial charge in [0.25, 0.3) is 0 Å². The fourth-order valence-corrected chi connectivity index (χ4v) is 0.840. The number of Topliss-reactive ketones (excluding diaryl/α,β-unsaturated/α-hetero) is 1. The van der Waals surface area contributed by atoms with Crippen molar-refractivity contribution in [1.29, 1.82) is 0 Å². The molecule has 0 aromatic carbocycles. The van der Waals surface area contributed by atoms with Gasteiger partial charge >= 0.3 is 0 Å². The zero-order chi connectivity index (χ0) is 8.43. The Bertz CT molecular complexity index is 263. The molecule has 1 aromatic rings. The molecule has 3 heteroatoms. The average molecular weight is 152 g/mol. The van der Waals surface area contributed by atoms with E-state index in [2.05, 4.69) is 10.2 Å². The molecule has 0 amide bonds. The van der Waals surface area contributed by atoms with Gasteiger partial charge in [0.05, 0.1) is 0 Å². The summed E-state index contributed by atoms with van der Waals surface area (Å²) >= 11 is 0. The maximum absolute atomic E-state index is 11.3. The zero-order valence-electron chi connectivity index (χ0n) is 7.01. The molecule has 1 N–H and O–H groups in total. The Morgan fingerprint density at radius 2 is 2.27 bits per heavy atom. The van der Waals surface area contributed by atoms with Crippen molar-refractivity contribution in [3.63, 3.8) is 0 Å². The number of aromatic nitrogens is 2. The van der Waals surface area contributed by atoms with E-state index in [1.54, 1.807) is 6.07 Å². The quantitative estimate of drug-likeness (QED) is 0.653. The van der Waals surface area contributed by atoms with Crippen molar-refractivity contribution >= 4 is 5.78 Å². The lowest BCUT2D eigenvalue weighted by atomic mass is 10.1. The third-order valence-corrected chi connectivity index (χ3v) is 1.48. The van der Waals surface area contributed by atoms with Crippen LogP contribution >= 0.6 is 0 Å². The summed E-state index contributed by atoms with van der Waals surface area (Å²) in [4.78, 5) is 11.3. The number of nitrogens with one attached hydrogen (secondary N) is 1. The van der Waals surface area contributed by atoms with Crippen molar-refractivity contribution in [1.82, 2.24) is 10.2 Å². The van der Waals surface area contributed by atoms with Crippen LogP contribution in [0.1, 0.15) is 30.0 Å². The molecule has 0 radical (unpaired) electrons. The first kappa shape index (κ1) is 7.98. The first-order valence-corrected chi connectivity index (χ1v) is 3.67. The molecular weight excluding hydrogens is 140 g/mol. The minimum absolute atomic E-state index is 0.0256. The van der Waals surface area contributed by atoms with E-state index in [0.29, 0.717) is 5.69 Å². The molecule has 0 spiro atoms. The van der Waals surface area contributed by atoms with Gasteiger partial charge < -0.3 is 0 Å². The first-order chi connectivity index (χ1) is 5.11. The molecule has 0 bridgehead atoms. The molecule has 11 heavy (non-hydrogen) atoms. The van der Waals surface area contributed by atoms with E-state index >= 15 is 0 Å². The number of carbonyl (C=O) groups is 1. The van der Waals surface area contributed by atoms with Gasteiger partial charge in [-0.15, -0.1) is 0 Å². The van der Waals surface area contributed by atoms with Gasteiger partial charge in [-0.3, -0.25) is 9.89 Å². The summed E-state index contributed by atoms with van der Waals surface area (Å²) in [6, 6.07) is 1.77. The largest absolute Gasteiger partial charge is 0.292 e. The van der Waals surface area contributed by atoms with Gasteiger partial charge in [0, 0.05) is 11.6 Å². The number of hydrogen-bond donors (Lipinski definition) is 1. The van der Waals surface area contributed by atoms with Crippen LogP contribution in [0.3, 0.4) is 0 Å². The van der Waals surface area contributed by atoms with E-state index in [4.69, 9.17) is 0 Å². The molecule has 0 aliphatic heterocycles. The van der Waals surface area contributed by atoms with Crippen molar-refractivity contribution in [3.05, 3.63) is 17.5 Å². The van der Waals surface area contributed by atoms with Crippen LogP contribution in [-0.2, 0) is 0 Å². The van der Waals surface area contributed by atoms with Gasteiger partial charge in [0.2, 0.25) is 0 Å². The highest BCUT2D eigenvalue weighted by Crippen LogP contribution is 2.05. The van der Waals surface area contributed by atoms with Crippen molar-refractivity contribution in [2.75, 3.05) is 0 Å². The number of nitrogens with zero attached hydrogens (tertiary/aromatic N) is 1. The Morgan fingerprint density at radius 3 is 2.64 bits per heavy atom. The summed E-state index contributed by atoms with van der Waals surface area (Å²) in [6.07, 6.45) is 0. The standard InChI is InChI=1S/C8H12N2O/c1-5(2)8(11)7-4-6(3)9-10-7/h4-5H,1-3H3,(H,9,10).